The fourth-order valence-corrected chi connectivity index (χ4v) is 2.99. The van der Waals surface area contributed by atoms with Gasteiger partial charge < -0.3 is 5.32 Å². The summed E-state index contributed by atoms with van der Waals surface area (Å²) in [4.78, 5) is 5.44. The van der Waals surface area contributed by atoms with Crippen molar-refractivity contribution in [3.8, 4) is 0 Å². The summed E-state index contributed by atoms with van der Waals surface area (Å²) in [5.41, 5.74) is 0. The number of hydrogen-bond acceptors (Lipinski definition) is 5. The topological polar surface area (TPSA) is 59.1 Å². The second-order valence-corrected chi connectivity index (χ2v) is 8.34. The molecule has 1 N–H and O–H groups in total. The number of thiazole rings is 1. The maximum Gasteiger partial charge on any atom is 0.153 e. The highest BCUT2D eigenvalue weighted by atomic mass is 32.2. The van der Waals surface area contributed by atoms with Crippen LogP contribution in [0.1, 0.15) is 36.7 Å². The van der Waals surface area contributed by atoms with Crippen molar-refractivity contribution in [2.24, 2.45) is 0 Å². The molecule has 0 aromatic carbocycles. The van der Waals surface area contributed by atoms with E-state index >= 15 is 0 Å². The molecule has 0 bridgehead atoms. The molecule has 4 nitrogen and oxygen atoms in total. The zero-order chi connectivity index (χ0) is 13.1. The second-order valence-electron chi connectivity index (χ2n) is 4.40. The number of nitrogens with zero attached hydrogens (tertiary/aromatic N) is 1. The minimum atomic E-state index is -2.95. The van der Waals surface area contributed by atoms with Gasteiger partial charge in [0.1, 0.15) is 5.01 Å². The second kappa shape index (κ2) is 5.93. The number of aromatic nitrogens is 1. The zero-order valence-corrected chi connectivity index (χ0v) is 12.4. The van der Waals surface area contributed by atoms with Crippen molar-refractivity contribution < 1.29 is 8.42 Å². The monoisotopic (exact) mass is 276 g/mol. The summed E-state index contributed by atoms with van der Waals surface area (Å²) in [7, 11) is -2.95. The molecule has 0 spiro atoms. The lowest BCUT2D eigenvalue weighted by atomic mass is 10.3. The SMILES string of the molecule is Cc1cnc(C(C)NCCS(=O)(=O)C(C)C)s1. The van der Waals surface area contributed by atoms with Gasteiger partial charge in [0, 0.05) is 17.6 Å². The largest absolute Gasteiger partial charge is 0.307 e. The van der Waals surface area contributed by atoms with Gasteiger partial charge in [-0.05, 0) is 27.7 Å². The van der Waals surface area contributed by atoms with E-state index in [1.165, 1.54) is 4.88 Å². The molecule has 1 aromatic heterocycles. The number of aryl methyl sites for hydroxylation is 1. The number of nitrogens with one attached hydrogen (secondary N) is 1. The van der Waals surface area contributed by atoms with Crippen LogP contribution in [0.4, 0.5) is 0 Å². The third-order valence-corrected chi connectivity index (χ3v) is 5.87. The van der Waals surface area contributed by atoms with E-state index in [1.54, 1.807) is 25.2 Å². The van der Waals surface area contributed by atoms with E-state index in [2.05, 4.69) is 10.3 Å². The van der Waals surface area contributed by atoms with Crippen LogP contribution in [0.15, 0.2) is 6.20 Å². The van der Waals surface area contributed by atoms with Gasteiger partial charge in [-0.1, -0.05) is 0 Å². The van der Waals surface area contributed by atoms with Crippen molar-refractivity contribution in [3.05, 3.63) is 16.1 Å². The van der Waals surface area contributed by atoms with Gasteiger partial charge >= 0.3 is 0 Å². The molecule has 0 aliphatic heterocycles. The van der Waals surface area contributed by atoms with Crippen molar-refractivity contribution in [2.45, 2.75) is 39.0 Å². The van der Waals surface area contributed by atoms with Crippen LogP contribution in [0.3, 0.4) is 0 Å². The molecule has 1 atom stereocenters. The van der Waals surface area contributed by atoms with Gasteiger partial charge in [-0.3, -0.25) is 0 Å². The highest BCUT2D eigenvalue weighted by Crippen LogP contribution is 2.18. The summed E-state index contributed by atoms with van der Waals surface area (Å²) in [6, 6.07) is 0.107. The van der Waals surface area contributed by atoms with E-state index in [1.807, 2.05) is 20.0 Å². The summed E-state index contributed by atoms with van der Waals surface area (Å²) in [5, 5.41) is 3.89. The number of hydrogen-bond donors (Lipinski definition) is 1. The summed E-state index contributed by atoms with van der Waals surface area (Å²) < 4.78 is 23.2. The Morgan fingerprint density at radius 3 is 2.53 bits per heavy atom. The summed E-state index contributed by atoms with van der Waals surface area (Å²) in [6.07, 6.45) is 1.84. The highest BCUT2D eigenvalue weighted by Gasteiger charge is 2.16. The lowest BCUT2D eigenvalue weighted by Crippen LogP contribution is -2.28. The Hall–Kier alpha value is -0.460. The van der Waals surface area contributed by atoms with Crippen molar-refractivity contribution >= 4 is 21.2 Å². The Morgan fingerprint density at radius 2 is 2.06 bits per heavy atom. The summed E-state index contributed by atoms with van der Waals surface area (Å²) >= 11 is 1.64. The Morgan fingerprint density at radius 1 is 1.41 bits per heavy atom. The van der Waals surface area contributed by atoms with E-state index in [4.69, 9.17) is 0 Å². The molecule has 1 rings (SSSR count). The molecule has 0 amide bonds. The molecule has 1 aromatic rings. The van der Waals surface area contributed by atoms with E-state index in [0.717, 1.165) is 5.01 Å². The Balaban J connectivity index is 2.42. The average molecular weight is 276 g/mol. The molecular weight excluding hydrogens is 256 g/mol. The first-order valence-electron chi connectivity index (χ1n) is 5.70. The third-order valence-electron chi connectivity index (χ3n) is 2.56. The van der Waals surface area contributed by atoms with E-state index < -0.39 is 9.84 Å². The Bertz CT molecular complexity index is 452. The van der Waals surface area contributed by atoms with Gasteiger partial charge in [-0.2, -0.15) is 0 Å². The first kappa shape index (κ1) is 14.6. The van der Waals surface area contributed by atoms with Gasteiger partial charge in [-0.15, -0.1) is 11.3 Å². The van der Waals surface area contributed by atoms with Crippen LogP contribution in [0, 0.1) is 6.92 Å². The molecule has 0 aliphatic rings. The van der Waals surface area contributed by atoms with Gasteiger partial charge in [0.25, 0.3) is 0 Å². The van der Waals surface area contributed by atoms with Crippen molar-refractivity contribution in [1.29, 1.82) is 0 Å². The molecule has 0 radical (unpaired) electrons. The van der Waals surface area contributed by atoms with Gasteiger partial charge in [-0.25, -0.2) is 13.4 Å². The van der Waals surface area contributed by atoms with E-state index in [-0.39, 0.29) is 17.0 Å². The highest BCUT2D eigenvalue weighted by molar-refractivity contribution is 7.92. The molecule has 0 saturated carbocycles. The molecule has 0 saturated heterocycles. The molecule has 1 unspecified atom stereocenters. The molecule has 98 valence electrons. The van der Waals surface area contributed by atoms with Crippen LogP contribution in [-0.4, -0.2) is 30.9 Å². The standard InChI is InChI=1S/C11H20N2O2S2/c1-8(2)17(14,15)6-5-12-10(4)11-13-7-9(3)16-11/h7-8,10,12H,5-6H2,1-4H3. The lowest BCUT2D eigenvalue weighted by molar-refractivity contribution is 0.565. The van der Waals surface area contributed by atoms with Crippen LogP contribution in [0.2, 0.25) is 0 Å². The van der Waals surface area contributed by atoms with Crippen LogP contribution in [-0.2, 0) is 9.84 Å². The smallest absolute Gasteiger partial charge is 0.153 e. The molecule has 6 heteroatoms. The summed E-state index contributed by atoms with van der Waals surface area (Å²) in [5.74, 6) is 0.180. The Kier molecular flexibility index (Phi) is 5.09. The third kappa shape index (κ3) is 4.37. The van der Waals surface area contributed by atoms with Gasteiger partial charge in [0.2, 0.25) is 0 Å². The summed E-state index contributed by atoms with van der Waals surface area (Å²) in [6.45, 7) is 7.91. The normalized spacial score (nSPS) is 14.2. The minimum absolute atomic E-state index is 0.107. The van der Waals surface area contributed by atoms with Crippen LogP contribution >= 0.6 is 11.3 Å². The fourth-order valence-electron chi connectivity index (χ4n) is 1.31. The van der Waals surface area contributed by atoms with Crippen LogP contribution < -0.4 is 5.32 Å². The van der Waals surface area contributed by atoms with Crippen LogP contribution in [0.25, 0.3) is 0 Å². The van der Waals surface area contributed by atoms with E-state index in [0.29, 0.717) is 6.54 Å². The predicted molar refractivity (Wildman–Crippen MR) is 72.2 cm³/mol. The number of sulfone groups is 1. The molecule has 1 heterocycles. The van der Waals surface area contributed by atoms with Crippen molar-refractivity contribution in [1.82, 2.24) is 10.3 Å². The van der Waals surface area contributed by atoms with Crippen molar-refractivity contribution in [3.63, 3.8) is 0 Å². The first-order valence-corrected chi connectivity index (χ1v) is 8.23. The Labute approximate surface area is 107 Å². The maximum absolute atomic E-state index is 11.6. The van der Waals surface area contributed by atoms with Crippen molar-refractivity contribution in [2.75, 3.05) is 12.3 Å². The first-order chi connectivity index (χ1) is 7.83. The van der Waals surface area contributed by atoms with E-state index in [9.17, 15) is 8.42 Å². The fraction of sp³-hybridized carbons (Fsp3) is 0.727. The van der Waals surface area contributed by atoms with Crippen LogP contribution in [0.5, 0.6) is 0 Å². The van der Waals surface area contributed by atoms with Gasteiger partial charge in [0.15, 0.2) is 9.84 Å². The molecule has 0 fully saturated rings. The number of rotatable bonds is 6. The molecular formula is C11H20N2O2S2. The molecule has 0 aliphatic carbocycles. The zero-order valence-electron chi connectivity index (χ0n) is 10.7. The minimum Gasteiger partial charge on any atom is -0.307 e. The maximum atomic E-state index is 11.6. The van der Waals surface area contributed by atoms with Gasteiger partial charge in [0.05, 0.1) is 17.0 Å². The molecule has 17 heavy (non-hydrogen) atoms. The quantitative estimate of drug-likeness (QED) is 0.862. The predicted octanol–water partition coefficient (Wildman–Crippen LogP) is 1.93. The average Bonchev–Trinajstić information content (AvgIpc) is 2.64. The lowest BCUT2D eigenvalue weighted by Gasteiger charge is -2.12.